The molecule has 0 bridgehead atoms. The van der Waals surface area contributed by atoms with Gasteiger partial charge in [-0.3, -0.25) is 0 Å². The van der Waals surface area contributed by atoms with Crippen LogP contribution < -0.4 is 0 Å². The van der Waals surface area contributed by atoms with Gasteiger partial charge in [-0.25, -0.2) is 21.1 Å². The van der Waals surface area contributed by atoms with Gasteiger partial charge in [-0.15, -0.1) is 11.3 Å². The van der Waals surface area contributed by atoms with E-state index in [-0.39, 0.29) is 18.8 Å². The zero-order chi connectivity index (χ0) is 15.7. The highest BCUT2D eigenvalue weighted by atomic mass is 32.2. The predicted molar refractivity (Wildman–Crippen MR) is 83.5 cm³/mol. The molecule has 0 aliphatic carbocycles. The molecule has 120 valence electrons. The smallest absolute Gasteiger partial charge is 0.212 e. The van der Waals surface area contributed by atoms with Crippen LogP contribution in [0.3, 0.4) is 0 Å². The van der Waals surface area contributed by atoms with E-state index >= 15 is 0 Å². The number of rotatable bonds is 4. The third-order valence-corrected chi connectivity index (χ3v) is 8.73. The van der Waals surface area contributed by atoms with E-state index in [0.29, 0.717) is 23.7 Å². The fraction of sp³-hybridized carbons (Fsp3) is 0.667. The summed E-state index contributed by atoms with van der Waals surface area (Å²) in [4.78, 5) is 0.943. The second-order valence-corrected chi connectivity index (χ2v) is 10.6. The summed E-state index contributed by atoms with van der Waals surface area (Å²) in [5.41, 5.74) is 0. The number of hydrogen-bond acceptors (Lipinski definition) is 5. The van der Waals surface area contributed by atoms with Crippen LogP contribution in [-0.4, -0.2) is 57.4 Å². The molecule has 0 N–H and O–H groups in total. The van der Waals surface area contributed by atoms with Crippen LogP contribution in [0.15, 0.2) is 16.3 Å². The van der Waals surface area contributed by atoms with Gasteiger partial charge >= 0.3 is 0 Å². The van der Waals surface area contributed by atoms with Gasteiger partial charge in [0.25, 0.3) is 10.0 Å². The maximum absolute atomic E-state index is 12.5. The topological polar surface area (TPSA) is 74.8 Å². The zero-order valence-electron chi connectivity index (χ0n) is 12.1. The second-order valence-electron chi connectivity index (χ2n) is 4.92. The Kier molecular flexibility index (Phi) is 5.09. The molecular formula is C12H20N2O4S3. The van der Waals surface area contributed by atoms with Gasteiger partial charge < -0.3 is 0 Å². The molecule has 0 amide bonds. The predicted octanol–water partition coefficient (Wildman–Crippen LogP) is 1.10. The van der Waals surface area contributed by atoms with Crippen molar-refractivity contribution in [3.63, 3.8) is 0 Å². The zero-order valence-corrected chi connectivity index (χ0v) is 14.6. The van der Waals surface area contributed by atoms with Crippen molar-refractivity contribution in [1.82, 2.24) is 8.61 Å². The lowest BCUT2D eigenvalue weighted by molar-refractivity contribution is 0.405. The first-order valence-electron chi connectivity index (χ1n) is 6.82. The summed E-state index contributed by atoms with van der Waals surface area (Å²) in [7, 11) is -6.77. The fourth-order valence-electron chi connectivity index (χ4n) is 2.25. The molecule has 1 fully saturated rings. The molecule has 1 aromatic rings. The van der Waals surface area contributed by atoms with Crippen molar-refractivity contribution in [2.75, 3.05) is 31.9 Å². The second kappa shape index (κ2) is 6.33. The molecule has 0 radical (unpaired) electrons. The van der Waals surface area contributed by atoms with Gasteiger partial charge in [0, 0.05) is 31.1 Å². The maximum atomic E-state index is 12.5. The van der Waals surface area contributed by atoms with Crippen molar-refractivity contribution >= 4 is 31.4 Å². The van der Waals surface area contributed by atoms with Crippen LogP contribution >= 0.6 is 11.3 Å². The normalized spacial score (nSPS) is 19.5. The first-order chi connectivity index (χ1) is 9.77. The van der Waals surface area contributed by atoms with Crippen molar-refractivity contribution in [2.24, 2.45) is 0 Å². The summed E-state index contributed by atoms with van der Waals surface area (Å²) in [5, 5.41) is 0. The number of aryl methyl sites for hydroxylation is 1. The van der Waals surface area contributed by atoms with Gasteiger partial charge in [-0.1, -0.05) is 0 Å². The molecule has 9 heteroatoms. The largest absolute Gasteiger partial charge is 0.252 e. The highest BCUT2D eigenvalue weighted by molar-refractivity contribution is 7.91. The molecule has 0 aromatic carbocycles. The Morgan fingerprint density at radius 3 is 2.24 bits per heavy atom. The minimum Gasteiger partial charge on any atom is -0.212 e. The van der Waals surface area contributed by atoms with Crippen LogP contribution in [0.2, 0.25) is 0 Å². The van der Waals surface area contributed by atoms with E-state index in [2.05, 4.69) is 0 Å². The highest BCUT2D eigenvalue weighted by Gasteiger charge is 2.30. The average molecular weight is 353 g/mol. The van der Waals surface area contributed by atoms with Gasteiger partial charge in [0.2, 0.25) is 10.0 Å². The first kappa shape index (κ1) is 16.9. The Bertz CT molecular complexity index is 694. The molecule has 0 unspecified atom stereocenters. The Balaban J connectivity index is 2.17. The summed E-state index contributed by atoms with van der Waals surface area (Å²) < 4.78 is 52.0. The summed E-state index contributed by atoms with van der Waals surface area (Å²) in [6, 6.07) is 3.39. The average Bonchev–Trinajstić information content (AvgIpc) is 2.72. The van der Waals surface area contributed by atoms with E-state index < -0.39 is 20.0 Å². The molecule has 0 spiro atoms. The van der Waals surface area contributed by atoms with Gasteiger partial charge in [-0.2, -0.15) is 4.31 Å². The number of thiophene rings is 1. The quantitative estimate of drug-likeness (QED) is 0.813. The Hall–Kier alpha value is -0.480. The molecule has 2 heterocycles. The van der Waals surface area contributed by atoms with E-state index in [4.69, 9.17) is 0 Å². The van der Waals surface area contributed by atoms with E-state index in [1.165, 1.54) is 19.9 Å². The molecule has 1 aromatic heterocycles. The van der Waals surface area contributed by atoms with E-state index in [1.54, 1.807) is 19.1 Å². The molecule has 0 saturated carbocycles. The van der Waals surface area contributed by atoms with Crippen molar-refractivity contribution < 1.29 is 16.8 Å². The van der Waals surface area contributed by atoms with Crippen molar-refractivity contribution in [1.29, 1.82) is 0 Å². The summed E-state index contributed by atoms with van der Waals surface area (Å²) in [5.74, 6) is 0.0455. The van der Waals surface area contributed by atoms with Crippen molar-refractivity contribution in [3.05, 3.63) is 17.0 Å². The summed E-state index contributed by atoms with van der Waals surface area (Å²) in [6.07, 6.45) is 0.517. The highest BCUT2D eigenvalue weighted by Crippen LogP contribution is 2.25. The third-order valence-electron chi connectivity index (χ3n) is 3.48. The molecule has 1 saturated heterocycles. The number of nitrogens with zero attached hydrogens (tertiary/aromatic N) is 2. The molecule has 2 rings (SSSR count). The van der Waals surface area contributed by atoms with Crippen LogP contribution in [-0.2, 0) is 20.0 Å². The van der Waals surface area contributed by atoms with Gasteiger partial charge in [-0.05, 0) is 32.4 Å². The Labute approximate surface area is 130 Å². The van der Waals surface area contributed by atoms with Crippen LogP contribution in [0.25, 0.3) is 0 Å². The lowest BCUT2D eigenvalue weighted by Crippen LogP contribution is -2.37. The first-order valence-corrected chi connectivity index (χ1v) is 10.7. The third kappa shape index (κ3) is 3.65. The van der Waals surface area contributed by atoms with Gasteiger partial charge in [0.1, 0.15) is 4.21 Å². The standard InChI is InChI=1S/C12H20N2O4S3/c1-3-20(15,16)13-7-4-8-14(10-9-13)21(17,18)12-6-5-11(2)19-12/h5-6H,3-4,7-10H2,1-2H3. The Morgan fingerprint density at radius 1 is 1.05 bits per heavy atom. The van der Waals surface area contributed by atoms with E-state index in [9.17, 15) is 16.8 Å². The molecule has 6 nitrogen and oxygen atoms in total. The summed E-state index contributed by atoms with van der Waals surface area (Å²) >= 11 is 1.24. The van der Waals surface area contributed by atoms with E-state index in [0.717, 1.165) is 4.88 Å². The SMILES string of the molecule is CCS(=O)(=O)N1CCCN(S(=O)(=O)c2ccc(C)s2)CC1. The molecule has 21 heavy (non-hydrogen) atoms. The van der Waals surface area contributed by atoms with Crippen LogP contribution in [0.5, 0.6) is 0 Å². The lowest BCUT2D eigenvalue weighted by atomic mass is 10.4. The van der Waals surface area contributed by atoms with Crippen LogP contribution in [0, 0.1) is 6.92 Å². The van der Waals surface area contributed by atoms with Gasteiger partial charge in [0.15, 0.2) is 0 Å². The number of hydrogen-bond donors (Lipinski definition) is 0. The minimum atomic E-state index is -3.51. The molecular weight excluding hydrogens is 332 g/mol. The van der Waals surface area contributed by atoms with Crippen molar-refractivity contribution in [2.45, 2.75) is 24.5 Å². The summed E-state index contributed by atoms with van der Waals surface area (Å²) in [6.45, 7) is 4.63. The van der Waals surface area contributed by atoms with E-state index in [1.807, 2.05) is 6.92 Å². The molecule has 1 aliphatic rings. The lowest BCUT2D eigenvalue weighted by Gasteiger charge is -2.20. The monoisotopic (exact) mass is 352 g/mol. The van der Waals surface area contributed by atoms with Crippen molar-refractivity contribution in [3.8, 4) is 0 Å². The Morgan fingerprint density at radius 2 is 1.67 bits per heavy atom. The van der Waals surface area contributed by atoms with Gasteiger partial charge in [0.05, 0.1) is 5.75 Å². The van der Waals surface area contributed by atoms with Crippen LogP contribution in [0.1, 0.15) is 18.2 Å². The fourth-order valence-corrected chi connectivity index (χ4v) is 6.29. The molecule has 0 atom stereocenters. The number of sulfonamides is 2. The molecule has 1 aliphatic heterocycles. The van der Waals surface area contributed by atoms with Crippen LogP contribution in [0.4, 0.5) is 0 Å². The maximum Gasteiger partial charge on any atom is 0.252 e. The minimum absolute atomic E-state index is 0.0455.